The molecule has 0 saturated heterocycles. The Morgan fingerprint density at radius 1 is 1.06 bits per heavy atom. The number of hydrogen-bond donors (Lipinski definition) is 0. The number of fused-ring (bicyclic) bond motifs is 3. The lowest BCUT2D eigenvalue weighted by atomic mass is 10.1. The molecule has 0 bridgehead atoms. The van der Waals surface area contributed by atoms with Gasteiger partial charge in [-0.25, -0.2) is 4.79 Å². The molecule has 0 amide bonds. The van der Waals surface area contributed by atoms with Gasteiger partial charge < -0.3 is 4.74 Å². The summed E-state index contributed by atoms with van der Waals surface area (Å²) in [5.74, 6) is 0.519. The third-order valence-electron chi connectivity index (χ3n) is 5.92. The Kier molecular flexibility index (Phi) is 5.19. The van der Waals surface area contributed by atoms with Crippen LogP contribution in [0, 0.1) is 6.92 Å². The second kappa shape index (κ2) is 8.06. The lowest BCUT2D eigenvalue weighted by Crippen LogP contribution is -2.40. The molecule has 0 unspecified atom stereocenters. The second-order valence-corrected chi connectivity index (χ2v) is 8.25. The molecule has 0 fully saturated rings. The number of aromatic nitrogens is 5. The van der Waals surface area contributed by atoms with Crippen LogP contribution in [0.25, 0.3) is 33.9 Å². The Bertz CT molecular complexity index is 1630. The van der Waals surface area contributed by atoms with Gasteiger partial charge in [-0.15, -0.1) is 0 Å². The number of rotatable bonds is 5. The van der Waals surface area contributed by atoms with E-state index < -0.39 is 11.2 Å². The molecule has 2 aromatic carbocycles. The molecule has 168 valence electrons. The summed E-state index contributed by atoms with van der Waals surface area (Å²) in [6.07, 6.45) is 1.88. The van der Waals surface area contributed by atoms with Gasteiger partial charge in [-0.1, -0.05) is 48.0 Å². The first-order valence-corrected chi connectivity index (χ1v) is 10.8. The molecule has 0 aliphatic carbocycles. The molecule has 0 atom stereocenters. The molecule has 8 nitrogen and oxygen atoms in total. The highest BCUT2D eigenvalue weighted by atomic mass is 35.5. The van der Waals surface area contributed by atoms with E-state index in [0.717, 1.165) is 22.5 Å². The Morgan fingerprint density at radius 2 is 1.82 bits per heavy atom. The van der Waals surface area contributed by atoms with Gasteiger partial charge in [0.05, 0.1) is 24.5 Å². The summed E-state index contributed by atoms with van der Waals surface area (Å²) in [6, 6.07) is 15.5. The highest BCUT2D eigenvalue weighted by Gasteiger charge is 2.23. The Hall–Kier alpha value is -3.62. The van der Waals surface area contributed by atoms with E-state index in [-0.39, 0.29) is 13.2 Å². The third kappa shape index (κ3) is 3.21. The maximum Gasteiger partial charge on any atom is 0.332 e. The van der Waals surface area contributed by atoms with E-state index in [1.165, 1.54) is 16.2 Å². The van der Waals surface area contributed by atoms with Crippen molar-refractivity contribution >= 4 is 28.5 Å². The highest BCUT2D eigenvalue weighted by molar-refractivity contribution is 6.31. The minimum absolute atomic E-state index is 0.158. The van der Waals surface area contributed by atoms with E-state index in [1.54, 1.807) is 11.4 Å². The van der Waals surface area contributed by atoms with Crippen LogP contribution < -0.4 is 11.2 Å². The van der Waals surface area contributed by atoms with E-state index in [4.69, 9.17) is 21.3 Å². The molecular weight excluding hydrogens is 442 g/mol. The highest BCUT2D eigenvalue weighted by Crippen LogP contribution is 2.32. The molecule has 33 heavy (non-hydrogen) atoms. The van der Waals surface area contributed by atoms with Gasteiger partial charge >= 0.3 is 5.69 Å². The molecule has 0 saturated carbocycles. The lowest BCUT2D eigenvalue weighted by molar-refractivity contribution is 0.184. The standard InChI is InChI=1S/C24H22ClN5O3/c1-15-17(25)10-7-11-18(15)30-19(16-8-5-4-6-9-16)14-29-20-21(26-23(29)30)27(2)24(32)28(22(20)31)12-13-33-3/h4-11,14H,12-13H2,1-3H3. The zero-order valence-corrected chi connectivity index (χ0v) is 19.2. The molecule has 5 rings (SSSR count). The van der Waals surface area contributed by atoms with E-state index in [1.807, 2.05) is 66.2 Å². The topological polar surface area (TPSA) is 75.5 Å². The monoisotopic (exact) mass is 463 g/mol. The normalized spacial score (nSPS) is 11.6. The van der Waals surface area contributed by atoms with Gasteiger partial charge in [0.1, 0.15) is 0 Å². The molecule has 0 aliphatic rings. The number of benzene rings is 2. The molecule has 3 heterocycles. The third-order valence-corrected chi connectivity index (χ3v) is 6.33. The van der Waals surface area contributed by atoms with Crippen molar-refractivity contribution in [3.8, 4) is 16.9 Å². The predicted molar refractivity (Wildman–Crippen MR) is 129 cm³/mol. The van der Waals surface area contributed by atoms with Crippen LogP contribution in [0.5, 0.6) is 0 Å². The molecule has 0 N–H and O–H groups in total. The van der Waals surface area contributed by atoms with Crippen LogP contribution in [0.3, 0.4) is 0 Å². The number of aryl methyl sites for hydroxylation is 1. The minimum atomic E-state index is -0.431. The van der Waals surface area contributed by atoms with E-state index >= 15 is 0 Å². The van der Waals surface area contributed by atoms with Gasteiger partial charge in [0, 0.05) is 30.9 Å². The van der Waals surface area contributed by atoms with Crippen LogP contribution in [0.4, 0.5) is 0 Å². The first-order chi connectivity index (χ1) is 15.9. The molecule has 0 radical (unpaired) electrons. The summed E-state index contributed by atoms with van der Waals surface area (Å²) in [5, 5.41) is 0.629. The molecular formula is C24H22ClN5O3. The van der Waals surface area contributed by atoms with Gasteiger partial charge in [-0.3, -0.25) is 22.9 Å². The zero-order valence-electron chi connectivity index (χ0n) is 18.4. The fourth-order valence-corrected chi connectivity index (χ4v) is 4.33. The van der Waals surface area contributed by atoms with Crippen molar-refractivity contribution in [2.75, 3.05) is 13.7 Å². The smallest absolute Gasteiger partial charge is 0.332 e. The van der Waals surface area contributed by atoms with Crippen molar-refractivity contribution in [2.45, 2.75) is 13.5 Å². The van der Waals surface area contributed by atoms with Crippen molar-refractivity contribution in [1.29, 1.82) is 0 Å². The van der Waals surface area contributed by atoms with E-state index in [0.29, 0.717) is 22.0 Å². The molecule has 0 spiro atoms. The van der Waals surface area contributed by atoms with Crippen molar-refractivity contribution < 1.29 is 4.74 Å². The molecule has 3 aromatic heterocycles. The molecule has 5 aromatic rings. The average molecular weight is 464 g/mol. The minimum Gasteiger partial charge on any atom is -0.383 e. The first-order valence-electron chi connectivity index (χ1n) is 10.5. The number of halogens is 1. The van der Waals surface area contributed by atoms with E-state index in [9.17, 15) is 9.59 Å². The molecule has 9 heteroatoms. The quantitative estimate of drug-likeness (QED) is 0.400. The van der Waals surface area contributed by atoms with Crippen LogP contribution in [-0.4, -0.2) is 36.8 Å². The SMILES string of the molecule is COCCn1c(=O)c2c(nc3n(-c4cccc(Cl)c4C)c(-c4ccccc4)cn23)n(C)c1=O. The summed E-state index contributed by atoms with van der Waals surface area (Å²) >= 11 is 6.45. The van der Waals surface area contributed by atoms with Crippen molar-refractivity contribution in [3.63, 3.8) is 0 Å². The number of nitrogens with zero attached hydrogens (tertiary/aromatic N) is 5. The lowest BCUT2D eigenvalue weighted by Gasteiger charge is -2.13. The van der Waals surface area contributed by atoms with Crippen LogP contribution in [0.1, 0.15) is 5.56 Å². The zero-order chi connectivity index (χ0) is 23.3. The fourth-order valence-electron chi connectivity index (χ4n) is 4.16. The number of imidazole rings is 2. The van der Waals surface area contributed by atoms with E-state index in [2.05, 4.69) is 0 Å². The second-order valence-electron chi connectivity index (χ2n) is 7.84. The van der Waals surface area contributed by atoms with Crippen LogP contribution in [-0.2, 0) is 18.3 Å². The van der Waals surface area contributed by atoms with Crippen LogP contribution in [0.2, 0.25) is 5.02 Å². The van der Waals surface area contributed by atoms with Gasteiger partial charge in [-0.2, -0.15) is 4.98 Å². The maximum absolute atomic E-state index is 13.4. The predicted octanol–water partition coefficient (Wildman–Crippen LogP) is 3.41. The Morgan fingerprint density at radius 3 is 2.55 bits per heavy atom. The Labute approximate surface area is 193 Å². The molecule has 0 aliphatic heterocycles. The largest absolute Gasteiger partial charge is 0.383 e. The summed E-state index contributed by atoms with van der Waals surface area (Å²) < 4.78 is 11.4. The number of ether oxygens (including phenoxy) is 1. The van der Waals surface area contributed by atoms with Gasteiger partial charge in [0.15, 0.2) is 11.2 Å². The van der Waals surface area contributed by atoms with Gasteiger partial charge in [0.25, 0.3) is 5.56 Å². The summed E-state index contributed by atoms with van der Waals surface area (Å²) in [4.78, 5) is 31.0. The van der Waals surface area contributed by atoms with Crippen LogP contribution >= 0.6 is 11.6 Å². The fraction of sp³-hybridized carbons (Fsp3) is 0.208. The van der Waals surface area contributed by atoms with Crippen LogP contribution in [0.15, 0.2) is 64.3 Å². The summed E-state index contributed by atoms with van der Waals surface area (Å²) in [7, 11) is 3.15. The van der Waals surface area contributed by atoms with Crippen molar-refractivity contribution in [2.24, 2.45) is 7.05 Å². The van der Waals surface area contributed by atoms with Crippen molar-refractivity contribution in [1.82, 2.24) is 23.1 Å². The Balaban J connectivity index is 1.94. The first kappa shape index (κ1) is 21.2. The average Bonchev–Trinajstić information content (AvgIpc) is 3.37. The van der Waals surface area contributed by atoms with Crippen molar-refractivity contribution in [3.05, 3.63) is 86.2 Å². The van der Waals surface area contributed by atoms with Gasteiger partial charge in [0.2, 0.25) is 5.78 Å². The summed E-state index contributed by atoms with van der Waals surface area (Å²) in [6.45, 7) is 2.35. The number of methoxy groups -OCH3 is 1. The maximum atomic E-state index is 13.4. The summed E-state index contributed by atoms with van der Waals surface area (Å²) in [5.41, 5.74) is 3.35. The number of hydrogen-bond acceptors (Lipinski definition) is 4. The van der Waals surface area contributed by atoms with Gasteiger partial charge in [-0.05, 0) is 24.6 Å².